The van der Waals surface area contributed by atoms with Gasteiger partial charge in [0.05, 0.1) is 0 Å². The standard InChI is InChI=1S/C3H6ClNO3S/c1-3(4)9(7,8)5-2-6/h2-3H,1H3,(H,5,6). The highest BCUT2D eigenvalue weighted by Gasteiger charge is 2.15. The molecule has 0 saturated heterocycles. The van der Waals surface area contributed by atoms with Gasteiger partial charge in [0.2, 0.25) is 6.41 Å². The minimum Gasteiger partial charge on any atom is -0.278 e. The predicted octanol–water partition coefficient (Wildman–Crippen LogP) is -0.353. The van der Waals surface area contributed by atoms with Crippen LogP contribution in [0, 0.1) is 0 Å². The highest BCUT2D eigenvalue weighted by Crippen LogP contribution is 2.00. The zero-order chi connectivity index (χ0) is 7.49. The van der Waals surface area contributed by atoms with Crippen molar-refractivity contribution >= 4 is 28.0 Å². The van der Waals surface area contributed by atoms with E-state index >= 15 is 0 Å². The summed E-state index contributed by atoms with van der Waals surface area (Å²) in [7, 11) is -3.60. The first-order valence-electron chi connectivity index (χ1n) is 2.09. The van der Waals surface area contributed by atoms with Crippen LogP contribution >= 0.6 is 11.6 Å². The van der Waals surface area contributed by atoms with Crippen LogP contribution in [0.25, 0.3) is 0 Å². The summed E-state index contributed by atoms with van der Waals surface area (Å²) < 4.78 is 21.4. The lowest BCUT2D eigenvalue weighted by Crippen LogP contribution is -2.27. The molecule has 9 heavy (non-hydrogen) atoms. The number of hydrogen-bond donors (Lipinski definition) is 1. The van der Waals surface area contributed by atoms with Crippen molar-refractivity contribution in [2.45, 2.75) is 11.6 Å². The fourth-order valence-corrected chi connectivity index (χ4v) is 0.637. The maximum Gasteiger partial charge on any atom is 0.251 e. The number of nitrogens with one attached hydrogen (secondary N) is 1. The van der Waals surface area contributed by atoms with Gasteiger partial charge in [-0.2, -0.15) is 0 Å². The van der Waals surface area contributed by atoms with Gasteiger partial charge in [0.25, 0.3) is 10.0 Å². The third-order valence-electron chi connectivity index (χ3n) is 0.640. The minimum atomic E-state index is -3.60. The van der Waals surface area contributed by atoms with Gasteiger partial charge in [-0.3, -0.25) is 9.52 Å². The Bertz CT molecular complexity index is 185. The lowest BCUT2D eigenvalue weighted by Gasteiger charge is -2.00. The number of carbonyl (C=O) groups is 1. The molecule has 0 radical (unpaired) electrons. The van der Waals surface area contributed by atoms with E-state index in [0.29, 0.717) is 0 Å². The fraction of sp³-hybridized carbons (Fsp3) is 0.667. The SMILES string of the molecule is CC(Cl)S(=O)(=O)NC=O. The van der Waals surface area contributed by atoms with Crippen LogP contribution in [0.15, 0.2) is 0 Å². The van der Waals surface area contributed by atoms with Crippen molar-refractivity contribution in [3.05, 3.63) is 0 Å². The Kier molecular flexibility index (Phi) is 2.93. The van der Waals surface area contributed by atoms with E-state index in [2.05, 4.69) is 0 Å². The molecule has 0 saturated carbocycles. The topological polar surface area (TPSA) is 63.2 Å². The predicted molar refractivity (Wildman–Crippen MR) is 33.4 cm³/mol. The van der Waals surface area contributed by atoms with E-state index in [4.69, 9.17) is 11.6 Å². The van der Waals surface area contributed by atoms with Crippen molar-refractivity contribution < 1.29 is 13.2 Å². The molecule has 1 unspecified atom stereocenters. The molecule has 0 rings (SSSR count). The van der Waals surface area contributed by atoms with Crippen molar-refractivity contribution in [3.63, 3.8) is 0 Å². The van der Waals surface area contributed by atoms with E-state index in [9.17, 15) is 13.2 Å². The van der Waals surface area contributed by atoms with Crippen molar-refractivity contribution in [1.82, 2.24) is 4.72 Å². The second-order valence-corrected chi connectivity index (χ2v) is 4.27. The minimum absolute atomic E-state index is 0.0776. The third kappa shape index (κ3) is 2.67. The normalized spacial score (nSPS) is 14.4. The second-order valence-electron chi connectivity index (χ2n) is 1.32. The molecular weight excluding hydrogens is 166 g/mol. The van der Waals surface area contributed by atoms with E-state index in [1.54, 1.807) is 4.72 Å². The van der Waals surface area contributed by atoms with Crippen LogP contribution in [0.1, 0.15) is 6.92 Å². The maximum atomic E-state index is 10.5. The molecular formula is C3H6ClNO3S. The molecule has 54 valence electrons. The van der Waals surface area contributed by atoms with Crippen LogP contribution in [0.4, 0.5) is 0 Å². The van der Waals surface area contributed by atoms with Crippen LogP contribution in [-0.4, -0.2) is 19.5 Å². The first kappa shape index (κ1) is 8.71. The average molecular weight is 172 g/mol. The van der Waals surface area contributed by atoms with Crippen molar-refractivity contribution in [2.75, 3.05) is 0 Å². The summed E-state index contributed by atoms with van der Waals surface area (Å²) in [5.41, 5.74) is 0. The van der Waals surface area contributed by atoms with Crippen LogP contribution in [0.5, 0.6) is 0 Å². The number of halogens is 1. The highest BCUT2D eigenvalue weighted by molar-refractivity contribution is 7.91. The Labute approximate surface area is 58.2 Å². The summed E-state index contributed by atoms with van der Waals surface area (Å²) in [4.78, 5) is 9.58. The quantitative estimate of drug-likeness (QED) is 0.466. The molecule has 6 heteroatoms. The Morgan fingerprint density at radius 3 is 2.22 bits per heavy atom. The first-order valence-corrected chi connectivity index (χ1v) is 4.08. The Morgan fingerprint density at radius 1 is 1.67 bits per heavy atom. The number of rotatable bonds is 3. The highest BCUT2D eigenvalue weighted by atomic mass is 35.5. The summed E-state index contributed by atoms with van der Waals surface area (Å²) in [6.07, 6.45) is 0.0776. The molecule has 0 spiro atoms. The third-order valence-corrected chi connectivity index (χ3v) is 2.62. The molecule has 0 aliphatic heterocycles. The van der Waals surface area contributed by atoms with Crippen molar-refractivity contribution in [3.8, 4) is 0 Å². The van der Waals surface area contributed by atoms with Gasteiger partial charge in [-0.05, 0) is 6.92 Å². The van der Waals surface area contributed by atoms with Gasteiger partial charge < -0.3 is 0 Å². The monoisotopic (exact) mass is 171 g/mol. The Hall–Kier alpha value is -0.290. The Balaban J connectivity index is 4.22. The summed E-state index contributed by atoms with van der Waals surface area (Å²) in [6, 6.07) is 0. The molecule has 0 aliphatic carbocycles. The molecule has 4 nitrogen and oxygen atoms in total. The van der Waals surface area contributed by atoms with Crippen LogP contribution in [0.2, 0.25) is 0 Å². The number of hydrogen-bond acceptors (Lipinski definition) is 3. The van der Waals surface area contributed by atoms with Crippen molar-refractivity contribution in [1.29, 1.82) is 0 Å². The molecule has 0 heterocycles. The lowest BCUT2D eigenvalue weighted by molar-refractivity contribution is -0.108. The zero-order valence-electron chi connectivity index (χ0n) is 4.67. The molecule has 0 aromatic rings. The molecule has 1 N–H and O–H groups in total. The van der Waals surface area contributed by atoms with Gasteiger partial charge in [0, 0.05) is 0 Å². The van der Waals surface area contributed by atoms with E-state index in [1.165, 1.54) is 6.92 Å². The van der Waals surface area contributed by atoms with Gasteiger partial charge in [0.15, 0.2) is 4.71 Å². The molecule has 1 atom stereocenters. The van der Waals surface area contributed by atoms with E-state index in [0.717, 1.165) is 0 Å². The summed E-state index contributed by atoms with van der Waals surface area (Å²) in [6.45, 7) is 1.26. The smallest absolute Gasteiger partial charge is 0.251 e. The molecule has 0 aromatic heterocycles. The van der Waals surface area contributed by atoms with Crippen LogP contribution < -0.4 is 4.72 Å². The summed E-state index contributed by atoms with van der Waals surface area (Å²) in [5.74, 6) is 0. The number of amides is 1. The van der Waals surface area contributed by atoms with Gasteiger partial charge in [0.1, 0.15) is 0 Å². The summed E-state index contributed by atoms with van der Waals surface area (Å²) >= 11 is 5.14. The fourth-order valence-electron chi connectivity index (χ4n) is 0.161. The van der Waals surface area contributed by atoms with Crippen LogP contribution in [-0.2, 0) is 14.8 Å². The number of carbonyl (C=O) groups excluding carboxylic acids is 1. The molecule has 0 bridgehead atoms. The van der Waals surface area contributed by atoms with E-state index in [1.807, 2.05) is 0 Å². The number of alkyl halides is 1. The molecule has 0 aromatic carbocycles. The van der Waals surface area contributed by atoms with Gasteiger partial charge in [-0.1, -0.05) is 0 Å². The first-order chi connectivity index (χ1) is 4.00. The van der Waals surface area contributed by atoms with E-state index in [-0.39, 0.29) is 6.41 Å². The second kappa shape index (κ2) is 3.03. The summed E-state index contributed by atoms with van der Waals surface area (Å²) in [5, 5.41) is 0. The molecule has 1 amide bonds. The van der Waals surface area contributed by atoms with Crippen molar-refractivity contribution in [2.24, 2.45) is 0 Å². The van der Waals surface area contributed by atoms with Gasteiger partial charge in [-0.25, -0.2) is 8.42 Å². The average Bonchev–Trinajstić information content (AvgIpc) is 1.65. The number of sulfonamides is 1. The maximum absolute atomic E-state index is 10.5. The Morgan fingerprint density at radius 2 is 2.11 bits per heavy atom. The lowest BCUT2D eigenvalue weighted by atomic mass is 11.0. The van der Waals surface area contributed by atoms with E-state index < -0.39 is 14.7 Å². The largest absolute Gasteiger partial charge is 0.278 e. The zero-order valence-corrected chi connectivity index (χ0v) is 6.24. The molecule has 0 aliphatic rings. The molecule has 0 fully saturated rings. The van der Waals surface area contributed by atoms with Gasteiger partial charge in [-0.15, -0.1) is 11.6 Å². The van der Waals surface area contributed by atoms with Gasteiger partial charge >= 0.3 is 0 Å². The van der Waals surface area contributed by atoms with Crippen LogP contribution in [0.3, 0.4) is 0 Å².